The molecule has 1 saturated heterocycles. The van der Waals surface area contributed by atoms with E-state index in [0.717, 1.165) is 31.4 Å². The molecule has 18 heavy (non-hydrogen) atoms. The third kappa shape index (κ3) is 2.28. The summed E-state index contributed by atoms with van der Waals surface area (Å²) in [4.78, 5) is 17.8. The van der Waals surface area contributed by atoms with Gasteiger partial charge in [0, 0.05) is 11.4 Å². The molecule has 0 radical (unpaired) electrons. The van der Waals surface area contributed by atoms with Gasteiger partial charge in [-0.1, -0.05) is 0 Å². The molecule has 1 amide bonds. The Labute approximate surface area is 110 Å². The highest BCUT2D eigenvalue weighted by Crippen LogP contribution is 2.31. The number of aryl methyl sites for hydroxylation is 2. The molecule has 1 aromatic rings. The highest BCUT2D eigenvalue weighted by molar-refractivity contribution is 7.15. The minimum absolute atomic E-state index is 0.0297. The fourth-order valence-electron chi connectivity index (χ4n) is 2.50. The highest BCUT2D eigenvalue weighted by atomic mass is 32.1. The number of rotatable bonds is 3. The van der Waals surface area contributed by atoms with Gasteiger partial charge in [-0.25, -0.2) is 4.98 Å². The minimum Gasteiger partial charge on any atom is -0.364 e. The van der Waals surface area contributed by atoms with Gasteiger partial charge < -0.3 is 10.5 Å². The van der Waals surface area contributed by atoms with E-state index in [1.165, 1.54) is 11.3 Å². The predicted molar refractivity (Wildman–Crippen MR) is 69.7 cm³/mol. The molecular formula is C12H17N3O2S. The predicted octanol–water partition coefficient (Wildman–Crippen LogP) is 1.08. The lowest BCUT2D eigenvalue weighted by molar-refractivity contribution is -0.126. The van der Waals surface area contributed by atoms with Crippen LogP contribution in [0.5, 0.6) is 0 Å². The molecule has 2 heterocycles. The van der Waals surface area contributed by atoms with Crippen LogP contribution in [0.2, 0.25) is 0 Å². The van der Waals surface area contributed by atoms with E-state index in [1.54, 1.807) is 11.3 Å². The molecule has 98 valence electrons. The second-order valence-corrected chi connectivity index (χ2v) is 5.88. The summed E-state index contributed by atoms with van der Waals surface area (Å²) in [7, 11) is 0. The van der Waals surface area contributed by atoms with Crippen molar-refractivity contribution in [3.63, 3.8) is 0 Å². The number of hydrogen-bond donors (Lipinski definition) is 2. The molecule has 2 unspecified atom stereocenters. The average Bonchev–Trinajstić information content (AvgIpc) is 3.02. The lowest BCUT2D eigenvalue weighted by Gasteiger charge is -2.11. The first kappa shape index (κ1) is 12.1. The minimum atomic E-state index is -0.364. The number of nitrogens with zero attached hydrogens (tertiary/aromatic N) is 1. The van der Waals surface area contributed by atoms with Gasteiger partial charge >= 0.3 is 0 Å². The van der Waals surface area contributed by atoms with Crippen molar-refractivity contribution >= 4 is 22.4 Å². The molecular weight excluding hydrogens is 250 g/mol. The van der Waals surface area contributed by atoms with Crippen LogP contribution in [0.1, 0.15) is 29.8 Å². The van der Waals surface area contributed by atoms with E-state index >= 15 is 0 Å². The molecule has 1 aliphatic carbocycles. The monoisotopic (exact) mass is 267 g/mol. The summed E-state index contributed by atoms with van der Waals surface area (Å²) < 4.78 is 5.56. The maximum atomic E-state index is 12.0. The number of amides is 1. The first-order chi connectivity index (χ1) is 8.76. The zero-order valence-electron chi connectivity index (χ0n) is 10.1. The van der Waals surface area contributed by atoms with Crippen LogP contribution in [0.4, 0.5) is 5.13 Å². The summed E-state index contributed by atoms with van der Waals surface area (Å²) in [6, 6.07) is 0. The van der Waals surface area contributed by atoms with Crippen molar-refractivity contribution in [1.82, 2.24) is 4.98 Å². The number of aromatic nitrogens is 1. The van der Waals surface area contributed by atoms with Crippen LogP contribution in [-0.4, -0.2) is 29.6 Å². The second kappa shape index (κ2) is 4.95. The molecule has 3 rings (SSSR count). The van der Waals surface area contributed by atoms with Gasteiger partial charge in [0.15, 0.2) is 5.13 Å². The normalized spacial score (nSPS) is 26.3. The fraction of sp³-hybridized carbons (Fsp3) is 0.667. The number of nitrogens with one attached hydrogen (secondary N) is 1. The van der Waals surface area contributed by atoms with Gasteiger partial charge in [0.25, 0.3) is 5.91 Å². The molecule has 0 aromatic carbocycles. The third-order valence-corrected chi connectivity index (χ3v) is 4.56. The Hall–Kier alpha value is -0.980. The Bertz CT molecular complexity index is 439. The van der Waals surface area contributed by atoms with Crippen LogP contribution < -0.4 is 11.1 Å². The molecule has 2 aliphatic rings. The Kier molecular flexibility index (Phi) is 3.32. The number of hydrogen-bond acceptors (Lipinski definition) is 5. The lowest BCUT2D eigenvalue weighted by Crippen LogP contribution is -2.29. The number of carbonyl (C=O) groups is 1. The van der Waals surface area contributed by atoms with Crippen molar-refractivity contribution in [2.24, 2.45) is 5.73 Å². The van der Waals surface area contributed by atoms with E-state index in [0.29, 0.717) is 11.7 Å². The van der Waals surface area contributed by atoms with Crippen molar-refractivity contribution in [2.75, 3.05) is 11.9 Å². The standard InChI is InChI=1S/C12H17N3O2S/c13-6-7-4-5-9(17-7)11(16)15-12-14-8-2-1-3-10(8)18-12/h7,9H,1-6,13H2,(H,14,15,16). The van der Waals surface area contributed by atoms with Gasteiger partial charge in [-0.05, 0) is 32.1 Å². The molecule has 1 aliphatic heterocycles. The zero-order valence-corrected chi connectivity index (χ0v) is 11.0. The number of nitrogens with two attached hydrogens (primary N) is 1. The van der Waals surface area contributed by atoms with Gasteiger partial charge in [-0.2, -0.15) is 0 Å². The van der Waals surface area contributed by atoms with Crippen molar-refractivity contribution in [2.45, 2.75) is 44.3 Å². The van der Waals surface area contributed by atoms with Crippen molar-refractivity contribution in [3.05, 3.63) is 10.6 Å². The van der Waals surface area contributed by atoms with E-state index < -0.39 is 0 Å². The Morgan fingerprint density at radius 3 is 3.11 bits per heavy atom. The van der Waals surface area contributed by atoms with Gasteiger partial charge in [-0.3, -0.25) is 10.1 Å². The molecule has 1 aromatic heterocycles. The number of thiazole rings is 1. The van der Waals surface area contributed by atoms with Crippen LogP contribution in [-0.2, 0) is 22.4 Å². The summed E-state index contributed by atoms with van der Waals surface area (Å²) in [5.41, 5.74) is 6.69. The van der Waals surface area contributed by atoms with E-state index in [2.05, 4.69) is 10.3 Å². The molecule has 2 atom stereocenters. The first-order valence-corrected chi connectivity index (χ1v) is 7.23. The fourth-order valence-corrected chi connectivity index (χ4v) is 3.55. The van der Waals surface area contributed by atoms with Crippen molar-refractivity contribution < 1.29 is 9.53 Å². The van der Waals surface area contributed by atoms with Gasteiger partial charge in [0.05, 0.1) is 11.8 Å². The van der Waals surface area contributed by atoms with Crippen LogP contribution in [0.15, 0.2) is 0 Å². The summed E-state index contributed by atoms with van der Waals surface area (Å²) in [5, 5.41) is 3.57. The smallest absolute Gasteiger partial charge is 0.255 e. The van der Waals surface area contributed by atoms with Crippen LogP contribution >= 0.6 is 11.3 Å². The highest BCUT2D eigenvalue weighted by Gasteiger charge is 2.30. The molecule has 0 saturated carbocycles. The van der Waals surface area contributed by atoms with Crippen molar-refractivity contribution in [1.29, 1.82) is 0 Å². The maximum absolute atomic E-state index is 12.0. The summed E-state index contributed by atoms with van der Waals surface area (Å²) in [5.74, 6) is -0.0848. The topological polar surface area (TPSA) is 77.2 Å². The lowest BCUT2D eigenvalue weighted by atomic mass is 10.2. The summed E-state index contributed by atoms with van der Waals surface area (Å²) in [6.45, 7) is 0.481. The van der Waals surface area contributed by atoms with Crippen LogP contribution in [0.3, 0.4) is 0 Å². The molecule has 1 fully saturated rings. The summed E-state index contributed by atoms with van der Waals surface area (Å²) in [6.07, 6.45) is 4.60. The number of ether oxygens (including phenoxy) is 1. The molecule has 0 spiro atoms. The number of fused-ring (bicyclic) bond motifs is 1. The number of anilines is 1. The van der Waals surface area contributed by atoms with E-state index in [1.807, 2.05) is 0 Å². The Morgan fingerprint density at radius 2 is 2.39 bits per heavy atom. The van der Waals surface area contributed by atoms with Gasteiger partial charge in [0.1, 0.15) is 6.10 Å². The molecule has 6 heteroatoms. The average molecular weight is 267 g/mol. The van der Waals surface area contributed by atoms with E-state index in [-0.39, 0.29) is 18.1 Å². The van der Waals surface area contributed by atoms with Gasteiger partial charge in [0.2, 0.25) is 0 Å². The molecule has 3 N–H and O–H groups in total. The number of carbonyl (C=O) groups excluding carboxylic acids is 1. The Balaban J connectivity index is 1.60. The van der Waals surface area contributed by atoms with E-state index in [9.17, 15) is 4.79 Å². The van der Waals surface area contributed by atoms with Gasteiger partial charge in [-0.15, -0.1) is 11.3 Å². The second-order valence-electron chi connectivity index (χ2n) is 4.79. The SMILES string of the molecule is NCC1CCC(C(=O)Nc2nc3c(s2)CCC3)O1. The first-order valence-electron chi connectivity index (χ1n) is 6.41. The zero-order chi connectivity index (χ0) is 12.5. The van der Waals surface area contributed by atoms with Crippen LogP contribution in [0, 0.1) is 0 Å². The quantitative estimate of drug-likeness (QED) is 0.859. The Morgan fingerprint density at radius 1 is 1.50 bits per heavy atom. The molecule has 5 nitrogen and oxygen atoms in total. The molecule has 0 bridgehead atoms. The van der Waals surface area contributed by atoms with Crippen LogP contribution in [0.25, 0.3) is 0 Å². The van der Waals surface area contributed by atoms with Crippen molar-refractivity contribution in [3.8, 4) is 0 Å². The third-order valence-electron chi connectivity index (χ3n) is 3.49. The largest absolute Gasteiger partial charge is 0.364 e. The summed E-state index contributed by atoms with van der Waals surface area (Å²) >= 11 is 1.59. The maximum Gasteiger partial charge on any atom is 0.255 e. The van der Waals surface area contributed by atoms with E-state index in [4.69, 9.17) is 10.5 Å².